The fourth-order valence-corrected chi connectivity index (χ4v) is 2.64. The lowest BCUT2D eigenvalue weighted by atomic mass is 10.1. The van der Waals surface area contributed by atoms with E-state index in [9.17, 15) is 14.0 Å². The van der Waals surface area contributed by atoms with Crippen molar-refractivity contribution in [1.29, 1.82) is 0 Å². The first kappa shape index (κ1) is 15.9. The van der Waals surface area contributed by atoms with Gasteiger partial charge in [0.2, 0.25) is 0 Å². The van der Waals surface area contributed by atoms with Crippen LogP contribution in [0.15, 0.2) is 42.6 Å². The molecule has 0 atom stereocenters. The average molecular weight is 329 g/mol. The Morgan fingerprint density at radius 3 is 2.21 bits per heavy atom. The molecule has 0 bridgehead atoms. The van der Waals surface area contributed by atoms with Crippen LogP contribution in [0.1, 0.15) is 20.8 Å². The van der Waals surface area contributed by atoms with E-state index < -0.39 is 5.97 Å². The van der Waals surface area contributed by atoms with E-state index in [2.05, 4.69) is 4.98 Å². The summed E-state index contributed by atoms with van der Waals surface area (Å²) in [6.45, 7) is 2.33. The highest BCUT2D eigenvalue weighted by Gasteiger charge is 2.22. The van der Waals surface area contributed by atoms with Gasteiger partial charge >= 0.3 is 5.97 Å². The number of aromatic nitrogens is 1. The molecule has 24 heavy (non-hydrogen) atoms. The van der Waals surface area contributed by atoms with Gasteiger partial charge < -0.3 is 14.9 Å². The SMILES string of the molecule is O=C(O)c1ccc(N2CCN(C(=O)c3ccc(F)cc3)CC2)cn1. The molecule has 1 aliphatic heterocycles. The number of aromatic carboxylic acids is 1. The van der Waals surface area contributed by atoms with Gasteiger partial charge in [-0.25, -0.2) is 14.2 Å². The molecule has 1 fully saturated rings. The van der Waals surface area contributed by atoms with Gasteiger partial charge in [-0.3, -0.25) is 4.79 Å². The molecule has 0 saturated carbocycles. The number of halogens is 1. The maximum absolute atomic E-state index is 12.9. The summed E-state index contributed by atoms with van der Waals surface area (Å²) in [5.41, 5.74) is 1.30. The molecule has 2 aromatic rings. The molecule has 1 aromatic carbocycles. The standard InChI is InChI=1S/C17H16FN3O3/c18-13-3-1-12(2-4-13)16(22)21-9-7-20(8-10-21)14-5-6-15(17(23)24)19-11-14/h1-6,11H,7-10H2,(H,23,24). The number of carboxylic acids is 1. The minimum absolute atomic E-state index is 0.00359. The predicted octanol–water partition coefficient (Wildman–Crippen LogP) is 1.88. The lowest BCUT2D eigenvalue weighted by Crippen LogP contribution is -2.48. The number of carboxylic acid groups (broad SMARTS) is 1. The molecular weight excluding hydrogens is 313 g/mol. The molecule has 1 amide bonds. The van der Waals surface area contributed by atoms with E-state index in [1.54, 1.807) is 11.0 Å². The third-order valence-corrected chi connectivity index (χ3v) is 3.99. The summed E-state index contributed by atoms with van der Waals surface area (Å²) in [7, 11) is 0. The van der Waals surface area contributed by atoms with Gasteiger partial charge in [0.25, 0.3) is 5.91 Å². The van der Waals surface area contributed by atoms with Crippen molar-refractivity contribution in [3.05, 3.63) is 59.7 Å². The van der Waals surface area contributed by atoms with Crippen LogP contribution in [0.4, 0.5) is 10.1 Å². The van der Waals surface area contributed by atoms with E-state index in [4.69, 9.17) is 5.11 Å². The summed E-state index contributed by atoms with van der Waals surface area (Å²) < 4.78 is 12.9. The number of hydrogen-bond acceptors (Lipinski definition) is 4. The first-order valence-electron chi connectivity index (χ1n) is 7.54. The first-order valence-corrected chi connectivity index (χ1v) is 7.54. The Hall–Kier alpha value is -2.96. The van der Waals surface area contributed by atoms with Crippen LogP contribution in [0.25, 0.3) is 0 Å². The van der Waals surface area contributed by atoms with E-state index >= 15 is 0 Å². The lowest BCUT2D eigenvalue weighted by molar-refractivity contribution is 0.0688. The summed E-state index contributed by atoms with van der Waals surface area (Å²) >= 11 is 0. The van der Waals surface area contributed by atoms with Crippen molar-refractivity contribution in [1.82, 2.24) is 9.88 Å². The van der Waals surface area contributed by atoms with Crippen LogP contribution in [0.3, 0.4) is 0 Å². The molecule has 0 aliphatic carbocycles. The van der Waals surface area contributed by atoms with Gasteiger partial charge in [0.1, 0.15) is 11.5 Å². The first-order chi connectivity index (χ1) is 11.5. The minimum Gasteiger partial charge on any atom is -0.477 e. The predicted molar refractivity (Wildman–Crippen MR) is 85.7 cm³/mol. The van der Waals surface area contributed by atoms with Crippen molar-refractivity contribution in [3.63, 3.8) is 0 Å². The molecule has 1 saturated heterocycles. The zero-order valence-corrected chi connectivity index (χ0v) is 12.9. The van der Waals surface area contributed by atoms with Crippen LogP contribution in [0.2, 0.25) is 0 Å². The molecule has 7 heteroatoms. The van der Waals surface area contributed by atoms with Crippen LogP contribution in [-0.2, 0) is 0 Å². The Kier molecular flexibility index (Phi) is 4.41. The number of rotatable bonds is 3. The van der Waals surface area contributed by atoms with Crippen molar-refractivity contribution in [2.24, 2.45) is 0 Å². The summed E-state index contributed by atoms with van der Waals surface area (Å²) in [5, 5.41) is 8.86. The van der Waals surface area contributed by atoms with Crippen molar-refractivity contribution in [3.8, 4) is 0 Å². The highest BCUT2D eigenvalue weighted by Crippen LogP contribution is 2.17. The fourth-order valence-electron chi connectivity index (χ4n) is 2.64. The molecule has 1 aliphatic rings. The Bertz CT molecular complexity index is 739. The second kappa shape index (κ2) is 6.66. The van der Waals surface area contributed by atoms with E-state index in [0.717, 1.165) is 5.69 Å². The largest absolute Gasteiger partial charge is 0.477 e. The van der Waals surface area contributed by atoms with Gasteiger partial charge in [-0.05, 0) is 36.4 Å². The van der Waals surface area contributed by atoms with Crippen molar-refractivity contribution < 1.29 is 19.1 Å². The second-order valence-corrected chi connectivity index (χ2v) is 5.49. The summed E-state index contributed by atoms with van der Waals surface area (Å²) in [5.74, 6) is -1.54. The molecular formula is C17H16FN3O3. The third-order valence-electron chi connectivity index (χ3n) is 3.99. The Balaban J connectivity index is 1.62. The van der Waals surface area contributed by atoms with Gasteiger partial charge in [0.05, 0.1) is 11.9 Å². The smallest absolute Gasteiger partial charge is 0.354 e. The number of pyridine rings is 1. The van der Waals surface area contributed by atoms with Crippen LogP contribution in [-0.4, -0.2) is 53.0 Å². The summed E-state index contributed by atoms with van der Waals surface area (Å²) in [6.07, 6.45) is 1.53. The van der Waals surface area contributed by atoms with Gasteiger partial charge in [0.15, 0.2) is 0 Å². The van der Waals surface area contributed by atoms with E-state index in [1.807, 2.05) is 4.90 Å². The number of nitrogens with zero attached hydrogens (tertiary/aromatic N) is 3. The number of carbonyl (C=O) groups excluding carboxylic acids is 1. The van der Waals surface area contributed by atoms with Crippen LogP contribution in [0.5, 0.6) is 0 Å². The summed E-state index contributed by atoms with van der Waals surface area (Å²) in [4.78, 5) is 30.9. The molecule has 2 heterocycles. The van der Waals surface area contributed by atoms with E-state index in [-0.39, 0.29) is 17.4 Å². The number of carbonyl (C=O) groups is 2. The lowest BCUT2D eigenvalue weighted by Gasteiger charge is -2.36. The minimum atomic E-state index is -1.06. The number of piperazine rings is 1. The van der Waals surface area contributed by atoms with Gasteiger partial charge in [-0.2, -0.15) is 0 Å². The normalized spacial score (nSPS) is 14.5. The zero-order chi connectivity index (χ0) is 17.1. The average Bonchev–Trinajstić information content (AvgIpc) is 2.62. The molecule has 0 spiro atoms. The topological polar surface area (TPSA) is 73.7 Å². The zero-order valence-electron chi connectivity index (χ0n) is 12.9. The molecule has 3 rings (SSSR count). The van der Waals surface area contributed by atoms with Gasteiger partial charge in [-0.15, -0.1) is 0 Å². The fraction of sp³-hybridized carbons (Fsp3) is 0.235. The Morgan fingerprint density at radius 2 is 1.67 bits per heavy atom. The maximum atomic E-state index is 12.9. The molecule has 1 N–H and O–H groups in total. The van der Waals surface area contributed by atoms with Gasteiger partial charge in [0, 0.05) is 31.7 Å². The molecule has 1 aromatic heterocycles. The molecule has 6 nitrogen and oxygen atoms in total. The molecule has 0 radical (unpaired) electrons. The van der Waals surface area contributed by atoms with Gasteiger partial charge in [-0.1, -0.05) is 0 Å². The monoisotopic (exact) mass is 329 g/mol. The maximum Gasteiger partial charge on any atom is 0.354 e. The Labute approximate surface area is 138 Å². The number of benzene rings is 1. The number of hydrogen-bond donors (Lipinski definition) is 1. The van der Waals surface area contributed by atoms with Crippen molar-refractivity contribution in [2.75, 3.05) is 31.1 Å². The number of anilines is 1. The Morgan fingerprint density at radius 1 is 1.00 bits per heavy atom. The van der Waals surface area contributed by atoms with Crippen LogP contribution in [0, 0.1) is 5.82 Å². The number of amides is 1. The third kappa shape index (κ3) is 3.34. The second-order valence-electron chi connectivity index (χ2n) is 5.49. The van der Waals surface area contributed by atoms with Crippen LogP contribution >= 0.6 is 0 Å². The van der Waals surface area contributed by atoms with E-state index in [0.29, 0.717) is 31.7 Å². The highest BCUT2D eigenvalue weighted by molar-refractivity contribution is 5.94. The van der Waals surface area contributed by atoms with Crippen LogP contribution < -0.4 is 4.90 Å². The van der Waals surface area contributed by atoms with E-state index in [1.165, 1.54) is 36.5 Å². The summed E-state index contributed by atoms with van der Waals surface area (Å²) in [6, 6.07) is 8.71. The van der Waals surface area contributed by atoms with Crippen molar-refractivity contribution in [2.45, 2.75) is 0 Å². The quantitative estimate of drug-likeness (QED) is 0.931. The highest BCUT2D eigenvalue weighted by atomic mass is 19.1. The molecule has 124 valence electrons. The molecule has 0 unspecified atom stereocenters. The van der Waals surface area contributed by atoms with Crippen molar-refractivity contribution >= 4 is 17.6 Å².